The number of hydrogen-bond donors (Lipinski definition) is 1. The lowest BCUT2D eigenvalue weighted by Gasteiger charge is -2.23. The van der Waals surface area contributed by atoms with Crippen molar-refractivity contribution >= 4 is 45.1 Å². The summed E-state index contributed by atoms with van der Waals surface area (Å²) in [7, 11) is 3.19. The molecule has 1 aliphatic rings. The number of carbonyl (C=O) groups excluding carboxylic acids is 1. The van der Waals surface area contributed by atoms with Gasteiger partial charge in [0.15, 0.2) is 5.69 Å². The Morgan fingerprint density at radius 2 is 1.95 bits per heavy atom. The zero-order valence-corrected chi connectivity index (χ0v) is 22.6. The molecule has 208 valence electrons. The van der Waals surface area contributed by atoms with Crippen LogP contribution in [0, 0.1) is 11.8 Å². The molecule has 0 spiro atoms. The number of alkyl halides is 3. The first-order valence-electron chi connectivity index (χ1n) is 12.6. The van der Waals surface area contributed by atoms with E-state index in [0.29, 0.717) is 38.9 Å². The summed E-state index contributed by atoms with van der Waals surface area (Å²) in [5, 5.41) is 9.40. The van der Waals surface area contributed by atoms with Gasteiger partial charge in [0.2, 0.25) is 0 Å². The van der Waals surface area contributed by atoms with Crippen LogP contribution in [0.1, 0.15) is 45.7 Å². The maximum absolute atomic E-state index is 13.8. The number of halogens is 4. The maximum Gasteiger partial charge on any atom is 0.436 e. The SMILES string of the molecule is Cn1cc(C#Cc2ccc(CN(C(=O)c3cc4c(cc3Cl)nc(N)c3cnn(C)c34)C3CC3)nc2)c(C(F)(F)F)n1. The monoisotopic (exact) mass is 578 g/mol. The number of pyridine rings is 2. The van der Waals surface area contributed by atoms with Gasteiger partial charge in [-0.05, 0) is 37.1 Å². The number of aryl methyl sites for hydroxylation is 2. The summed E-state index contributed by atoms with van der Waals surface area (Å²) in [6, 6.07) is 6.77. The number of carbonyl (C=O) groups is 1. The van der Waals surface area contributed by atoms with Gasteiger partial charge in [0.05, 0.1) is 51.0 Å². The van der Waals surface area contributed by atoms with Crippen LogP contribution in [0.3, 0.4) is 0 Å². The molecule has 0 atom stereocenters. The Balaban J connectivity index is 1.27. The Bertz CT molecular complexity index is 1900. The number of nitrogens with two attached hydrogens (primary N) is 1. The largest absolute Gasteiger partial charge is 0.436 e. The smallest absolute Gasteiger partial charge is 0.383 e. The van der Waals surface area contributed by atoms with E-state index >= 15 is 0 Å². The minimum Gasteiger partial charge on any atom is -0.383 e. The second-order valence-corrected chi connectivity index (χ2v) is 10.3. The third kappa shape index (κ3) is 5.04. The maximum atomic E-state index is 13.8. The van der Waals surface area contributed by atoms with Crippen LogP contribution < -0.4 is 5.73 Å². The molecular weight excluding hydrogens is 557 g/mol. The fourth-order valence-corrected chi connectivity index (χ4v) is 4.98. The molecular formula is C28H22ClF3N8O. The second kappa shape index (κ2) is 9.78. The number of fused-ring (bicyclic) bond motifs is 3. The quantitative estimate of drug-likeness (QED) is 0.310. The number of amides is 1. The molecule has 2 N–H and O–H groups in total. The predicted octanol–water partition coefficient (Wildman–Crippen LogP) is 4.71. The summed E-state index contributed by atoms with van der Waals surface area (Å²) < 4.78 is 42.4. The van der Waals surface area contributed by atoms with Gasteiger partial charge in [-0.25, -0.2) is 4.98 Å². The Morgan fingerprint density at radius 1 is 1.17 bits per heavy atom. The van der Waals surface area contributed by atoms with E-state index in [2.05, 4.69) is 32.0 Å². The van der Waals surface area contributed by atoms with Gasteiger partial charge in [-0.15, -0.1) is 0 Å². The Labute approximate surface area is 236 Å². The molecule has 4 aromatic heterocycles. The van der Waals surface area contributed by atoms with Crippen molar-refractivity contribution in [2.45, 2.75) is 31.6 Å². The lowest BCUT2D eigenvalue weighted by Crippen LogP contribution is -2.33. The highest BCUT2D eigenvalue weighted by atomic mass is 35.5. The minimum atomic E-state index is -4.60. The van der Waals surface area contributed by atoms with Crippen molar-refractivity contribution in [1.29, 1.82) is 0 Å². The lowest BCUT2D eigenvalue weighted by atomic mass is 10.1. The summed E-state index contributed by atoms with van der Waals surface area (Å²) in [5.74, 6) is 5.33. The summed E-state index contributed by atoms with van der Waals surface area (Å²) in [5.41, 5.74) is 7.53. The Kier molecular flexibility index (Phi) is 6.34. The molecule has 1 aromatic carbocycles. The number of aromatic nitrogens is 6. The van der Waals surface area contributed by atoms with E-state index in [1.54, 1.807) is 47.1 Å². The van der Waals surface area contributed by atoms with E-state index in [1.165, 1.54) is 19.4 Å². The van der Waals surface area contributed by atoms with Gasteiger partial charge in [-0.2, -0.15) is 23.4 Å². The molecule has 0 saturated heterocycles. The molecule has 0 unspecified atom stereocenters. The number of rotatable bonds is 4. The number of anilines is 1. The molecule has 41 heavy (non-hydrogen) atoms. The van der Waals surface area contributed by atoms with Gasteiger partial charge in [0.25, 0.3) is 5.91 Å². The van der Waals surface area contributed by atoms with Crippen molar-refractivity contribution in [1.82, 2.24) is 34.4 Å². The number of benzene rings is 1. The van der Waals surface area contributed by atoms with Crippen LogP contribution >= 0.6 is 11.6 Å². The summed E-state index contributed by atoms with van der Waals surface area (Å²) in [6.07, 6.45) is 1.44. The van der Waals surface area contributed by atoms with E-state index in [0.717, 1.165) is 23.0 Å². The number of nitrogen functional groups attached to an aromatic ring is 1. The van der Waals surface area contributed by atoms with Gasteiger partial charge < -0.3 is 10.6 Å². The molecule has 0 aliphatic heterocycles. The standard InChI is InChI=1S/C28H22ClF3N8O/c1-38-13-16(25(37-38)28(30,31)32)5-3-15-4-6-17(34-11-15)14-40(18-7-8-18)27(41)19-9-20-23(10-22(19)29)36-26(33)21-12-35-39(2)24(20)21/h4,6,9-13,18H,7-8,14H2,1-2H3,(H2,33,36). The molecule has 6 rings (SSSR count). The van der Waals surface area contributed by atoms with E-state index in [4.69, 9.17) is 17.3 Å². The number of hydrogen-bond acceptors (Lipinski definition) is 6. The van der Waals surface area contributed by atoms with Gasteiger partial charge in [-0.1, -0.05) is 23.4 Å². The van der Waals surface area contributed by atoms with Gasteiger partial charge in [0.1, 0.15) is 5.82 Å². The van der Waals surface area contributed by atoms with Crippen LogP contribution in [0.5, 0.6) is 0 Å². The molecule has 1 aliphatic carbocycles. The molecule has 9 nitrogen and oxygen atoms in total. The average Bonchev–Trinajstić information content (AvgIpc) is 3.57. The molecule has 13 heteroatoms. The van der Waals surface area contributed by atoms with Gasteiger partial charge >= 0.3 is 6.18 Å². The van der Waals surface area contributed by atoms with E-state index < -0.39 is 11.9 Å². The Morgan fingerprint density at radius 3 is 2.63 bits per heavy atom. The molecule has 0 radical (unpaired) electrons. The molecule has 1 fully saturated rings. The fourth-order valence-electron chi connectivity index (χ4n) is 4.75. The molecule has 5 aromatic rings. The van der Waals surface area contributed by atoms with Crippen molar-refractivity contribution in [3.8, 4) is 11.8 Å². The van der Waals surface area contributed by atoms with Crippen molar-refractivity contribution in [2.24, 2.45) is 14.1 Å². The van der Waals surface area contributed by atoms with E-state index in [1.807, 2.05) is 0 Å². The zero-order chi connectivity index (χ0) is 29.1. The van der Waals surface area contributed by atoms with E-state index in [9.17, 15) is 18.0 Å². The highest BCUT2D eigenvalue weighted by Crippen LogP contribution is 2.35. The topological polar surface area (TPSA) is 108 Å². The number of nitrogens with zero attached hydrogens (tertiary/aromatic N) is 7. The Hall–Kier alpha value is -4.63. The first-order chi connectivity index (χ1) is 19.5. The van der Waals surface area contributed by atoms with Gasteiger partial charge in [0, 0.05) is 43.5 Å². The van der Waals surface area contributed by atoms with Crippen molar-refractivity contribution in [2.75, 3.05) is 5.73 Å². The van der Waals surface area contributed by atoms with Gasteiger partial charge in [-0.3, -0.25) is 19.1 Å². The fraction of sp³-hybridized carbons (Fsp3) is 0.250. The summed E-state index contributed by atoms with van der Waals surface area (Å²) in [6.45, 7) is 0.230. The van der Waals surface area contributed by atoms with Crippen LogP contribution in [0.4, 0.5) is 19.0 Å². The minimum absolute atomic E-state index is 0.0446. The second-order valence-electron chi connectivity index (χ2n) is 9.89. The highest BCUT2D eigenvalue weighted by molar-refractivity contribution is 6.35. The summed E-state index contributed by atoms with van der Waals surface area (Å²) in [4.78, 5) is 24.4. The third-order valence-corrected chi connectivity index (χ3v) is 7.18. The van der Waals surface area contributed by atoms with Crippen LogP contribution in [0.2, 0.25) is 5.02 Å². The van der Waals surface area contributed by atoms with Crippen LogP contribution in [0.25, 0.3) is 21.8 Å². The first-order valence-corrected chi connectivity index (χ1v) is 13.0. The van der Waals surface area contributed by atoms with Crippen LogP contribution in [-0.4, -0.2) is 46.4 Å². The normalized spacial score (nSPS) is 13.4. The van der Waals surface area contributed by atoms with Crippen molar-refractivity contribution < 1.29 is 18.0 Å². The third-order valence-electron chi connectivity index (χ3n) is 6.87. The lowest BCUT2D eigenvalue weighted by molar-refractivity contribution is -0.141. The molecule has 1 saturated carbocycles. The molecule has 4 heterocycles. The van der Waals surface area contributed by atoms with Crippen molar-refractivity contribution in [3.05, 3.63) is 76.0 Å². The predicted molar refractivity (Wildman–Crippen MR) is 147 cm³/mol. The van der Waals surface area contributed by atoms with Crippen molar-refractivity contribution in [3.63, 3.8) is 0 Å². The zero-order valence-electron chi connectivity index (χ0n) is 21.9. The van der Waals surface area contributed by atoms with Crippen LogP contribution in [-0.2, 0) is 26.8 Å². The molecule has 0 bridgehead atoms. The first kappa shape index (κ1) is 26.6. The average molecular weight is 579 g/mol. The highest BCUT2D eigenvalue weighted by Gasteiger charge is 2.37. The molecule has 1 amide bonds. The van der Waals surface area contributed by atoms with Crippen LogP contribution in [0.15, 0.2) is 42.9 Å². The van der Waals surface area contributed by atoms with E-state index in [-0.39, 0.29) is 29.1 Å². The summed E-state index contributed by atoms with van der Waals surface area (Å²) >= 11 is 6.58.